The van der Waals surface area contributed by atoms with E-state index in [4.69, 9.17) is 4.74 Å². The third-order valence-corrected chi connectivity index (χ3v) is 6.58. The van der Waals surface area contributed by atoms with Crippen molar-refractivity contribution in [1.82, 2.24) is 14.5 Å². The van der Waals surface area contributed by atoms with Gasteiger partial charge < -0.3 is 15.0 Å². The Hall–Kier alpha value is -0.980. The number of hydrogen-bond donors (Lipinski definition) is 1. The lowest BCUT2D eigenvalue weighted by Gasteiger charge is -2.35. The van der Waals surface area contributed by atoms with E-state index in [0.29, 0.717) is 32.7 Å². The first-order valence-electron chi connectivity index (χ1n) is 10.1. The lowest BCUT2D eigenvalue weighted by atomic mass is 10.1. The van der Waals surface area contributed by atoms with Gasteiger partial charge in [0.25, 0.3) is 0 Å². The first kappa shape index (κ1) is 27.1. The summed E-state index contributed by atoms with van der Waals surface area (Å²) in [4.78, 5) is 6.38. The van der Waals surface area contributed by atoms with E-state index in [1.807, 2.05) is 19.9 Å². The Bertz CT molecular complexity index is 769. The Balaban J connectivity index is 0.00000450. The van der Waals surface area contributed by atoms with Gasteiger partial charge in [-0.2, -0.15) is 4.31 Å². The SMILES string of the molecule is CN=C(NCCCc1cccc(F)c1)N1CCN(S(=O)(=O)CCOC(C)C)CC1.I. The third kappa shape index (κ3) is 9.03. The minimum atomic E-state index is -3.30. The zero-order valence-electron chi connectivity index (χ0n) is 18.0. The van der Waals surface area contributed by atoms with Crippen LogP contribution in [0.5, 0.6) is 0 Å². The smallest absolute Gasteiger partial charge is 0.216 e. The molecular weight excluding hydrogens is 522 g/mol. The van der Waals surface area contributed by atoms with Crippen molar-refractivity contribution in [1.29, 1.82) is 0 Å². The number of benzene rings is 1. The summed E-state index contributed by atoms with van der Waals surface area (Å²) in [7, 11) is -1.58. The highest BCUT2D eigenvalue weighted by Crippen LogP contribution is 2.09. The van der Waals surface area contributed by atoms with Crippen LogP contribution in [0.1, 0.15) is 25.8 Å². The van der Waals surface area contributed by atoms with E-state index < -0.39 is 10.0 Å². The van der Waals surface area contributed by atoms with Gasteiger partial charge in [-0.1, -0.05) is 12.1 Å². The Labute approximate surface area is 197 Å². The van der Waals surface area contributed by atoms with Crippen molar-refractivity contribution in [2.45, 2.75) is 32.8 Å². The van der Waals surface area contributed by atoms with E-state index >= 15 is 0 Å². The molecule has 1 heterocycles. The van der Waals surface area contributed by atoms with Gasteiger partial charge in [0.05, 0.1) is 18.5 Å². The second kappa shape index (κ2) is 13.4. The molecule has 30 heavy (non-hydrogen) atoms. The Morgan fingerprint density at radius 2 is 1.97 bits per heavy atom. The number of rotatable bonds is 9. The minimum absolute atomic E-state index is 0. The molecule has 0 aromatic heterocycles. The Morgan fingerprint density at radius 1 is 1.27 bits per heavy atom. The fraction of sp³-hybridized carbons (Fsp3) is 0.650. The fourth-order valence-electron chi connectivity index (χ4n) is 3.21. The van der Waals surface area contributed by atoms with Crippen LogP contribution in [0.3, 0.4) is 0 Å². The van der Waals surface area contributed by atoms with Gasteiger partial charge in [-0.3, -0.25) is 4.99 Å². The van der Waals surface area contributed by atoms with Gasteiger partial charge >= 0.3 is 0 Å². The van der Waals surface area contributed by atoms with Gasteiger partial charge in [0.1, 0.15) is 5.82 Å². The maximum atomic E-state index is 13.2. The predicted octanol–water partition coefficient (Wildman–Crippen LogP) is 2.32. The van der Waals surface area contributed by atoms with E-state index in [-0.39, 0.29) is 48.3 Å². The van der Waals surface area contributed by atoms with Crippen LogP contribution in [0.25, 0.3) is 0 Å². The third-order valence-electron chi connectivity index (χ3n) is 4.75. The summed E-state index contributed by atoms with van der Waals surface area (Å²) < 4.78 is 45.0. The Morgan fingerprint density at radius 3 is 2.57 bits per heavy atom. The predicted molar refractivity (Wildman–Crippen MR) is 130 cm³/mol. The average Bonchev–Trinajstić information content (AvgIpc) is 2.68. The van der Waals surface area contributed by atoms with Crippen LogP contribution in [0.2, 0.25) is 0 Å². The molecule has 0 unspecified atom stereocenters. The molecule has 0 atom stereocenters. The molecule has 0 spiro atoms. The van der Waals surface area contributed by atoms with Crippen LogP contribution in [-0.2, 0) is 21.2 Å². The first-order chi connectivity index (χ1) is 13.8. The molecule has 1 fully saturated rings. The van der Waals surface area contributed by atoms with Crippen molar-refractivity contribution in [2.75, 3.05) is 52.1 Å². The fourth-order valence-corrected chi connectivity index (χ4v) is 4.50. The molecule has 1 aliphatic heterocycles. The zero-order chi connectivity index (χ0) is 21.3. The van der Waals surface area contributed by atoms with E-state index in [0.717, 1.165) is 24.4 Å². The number of ether oxygens (including phenoxy) is 1. The lowest BCUT2D eigenvalue weighted by Crippen LogP contribution is -2.54. The average molecular weight is 556 g/mol. The van der Waals surface area contributed by atoms with E-state index in [1.54, 1.807) is 19.2 Å². The molecule has 2 rings (SSSR count). The summed E-state index contributed by atoms with van der Waals surface area (Å²) in [6, 6.07) is 6.64. The normalized spacial score (nSPS) is 15.9. The number of halogens is 2. The lowest BCUT2D eigenvalue weighted by molar-refractivity contribution is 0.0904. The van der Waals surface area contributed by atoms with Gasteiger partial charge in [0.2, 0.25) is 10.0 Å². The monoisotopic (exact) mass is 556 g/mol. The molecule has 0 saturated carbocycles. The first-order valence-corrected chi connectivity index (χ1v) is 11.7. The largest absolute Gasteiger partial charge is 0.378 e. The summed E-state index contributed by atoms with van der Waals surface area (Å²) in [5.41, 5.74) is 0.974. The second-order valence-corrected chi connectivity index (χ2v) is 9.42. The van der Waals surface area contributed by atoms with Crippen LogP contribution in [0.4, 0.5) is 4.39 Å². The van der Waals surface area contributed by atoms with Crippen molar-refractivity contribution < 1.29 is 17.5 Å². The second-order valence-electron chi connectivity index (χ2n) is 7.33. The van der Waals surface area contributed by atoms with Crippen LogP contribution in [0, 0.1) is 5.82 Å². The van der Waals surface area contributed by atoms with Gasteiger partial charge in [0.15, 0.2) is 5.96 Å². The van der Waals surface area contributed by atoms with Crippen LogP contribution in [0.15, 0.2) is 29.3 Å². The zero-order valence-corrected chi connectivity index (χ0v) is 21.2. The van der Waals surface area contributed by atoms with E-state index in [9.17, 15) is 12.8 Å². The highest BCUT2D eigenvalue weighted by atomic mass is 127. The van der Waals surface area contributed by atoms with E-state index in [2.05, 4.69) is 15.2 Å². The highest BCUT2D eigenvalue weighted by Gasteiger charge is 2.27. The molecule has 1 aliphatic rings. The van der Waals surface area contributed by atoms with Gasteiger partial charge in [-0.05, 0) is 44.4 Å². The molecule has 0 amide bonds. The number of nitrogens with one attached hydrogen (secondary N) is 1. The van der Waals surface area contributed by atoms with Crippen molar-refractivity contribution in [3.8, 4) is 0 Å². The van der Waals surface area contributed by atoms with Gasteiger partial charge in [-0.15, -0.1) is 24.0 Å². The van der Waals surface area contributed by atoms with Gasteiger partial charge in [-0.25, -0.2) is 12.8 Å². The van der Waals surface area contributed by atoms with Crippen LogP contribution in [-0.4, -0.2) is 81.8 Å². The van der Waals surface area contributed by atoms with Crippen LogP contribution >= 0.6 is 24.0 Å². The topological polar surface area (TPSA) is 74.2 Å². The summed E-state index contributed by atoms with van der Waals surface area (Å²) >= 11 is 0. The number of guanidine groups is 1. The number of sulfonamides is 1. The maximum Gasteiger partial charge on any atom is 0.216 e. The maximum absolute atomic E-state index is 13.2. The molecule has 0 radical (unpaired) electrons. The molecule has 1 N–H and O–H groups in total. The summed E-state index contributed by atoms with van der Waals surface area (Å²) in [6.07, 6.45) is 1.66. The number of aliphatic imine (C=N–C) groups is 1. The van der Waals surface area contributed by atoms with Gasteiger partial charge in [0, 0.05) is 39.8 Å². The van der Waals surface area contributed by atoms with Crippen molar-refractivity contribution in [2.24, 2.45) is 4.99 Å². The molecule has 1 saturated heterocycles. The highest BCUT2D eigenvalue weighted by molar-refractivity contribution is 14.0. The minimum Gasteiger partial charge on any atom is -0.378 e. The summed E-state index contributed by atoms with van der Waals surface area (Å²) in [5.74, 6) is 0.567. The quantitative estimate of drug-likeness (QED) is 0.219. The van der Waals surface area contributed by atoms with E-state index in [1.165, 1.54) is 10.4 Å². The summed E-state index contributed by atoms with van der Waals surface area (Å²) in [6.45, 7) is 6.77. The van der Waals surface area contributed by atoms with Crippen molar-refractivity contribution >= 4 is 40.0 Å². The molecule has 0 bridgehead atoms. The molecule has 1 aromatic rings. The number of piperazine rings is 1. The molecule has 1 aromatic carbocycles. The van der Waals surface area contributed by atoms with Crippen molar-refractivity contribution in [3.63, 3.8) is 0 Å². The van der Waals surface area contributed by atoms with Crippen molar-refractivity contribution in [3.05, 3.63) is 35.6 Å². The molecule has 172 valence electrons. The molecule has 10 heteroatoms. The molecule has 7 nitrogen and oxygen atoms in total. The standard InChI is InChI=1S/C20H33FN4O3S.HI/c1-17(2)28-14-15-29(26,27)25-12-10-24(11-13-25)20(22-3)23-9-5-7-18-6-4-8-19(21)16-18;/h4,6,8,16-17H,5,7,9-15H2,1-3H3,(H,22,23);1H. The Kier molecular flexibility index (Phi) is 12.1. The van der Waals surface area contributed by atoms with Crippen LogP contribution < -0.4 is 5.32 Å². The molecular formula is C20H34FIN4O3S. The number of hydrogen-bond acceptors (Lipinski definition) is 4. The number of nitrogens with zero attached hydrogens (tertiary/aromatic N) is 3. The molecule has 0 aliphatic carbocycles. The summed E-state index contributed by atoms with van der Waals surface area (Å²) in [5, 5.41) is 3.32. The number of aryl methyl sites for hydroxylation is 1.